The Balaban J connectivity index is 3.23. The zero-order valence-corrected chi connectivity index (χ0v) is 9.75. The molecular formula is C15H18. The Hall–Kier alpha value is -1.56. The highest BCUT2D eigenvalue weighted by molar-refractivity contribution is 5.75. The minimum Gasteiger partial charge on any atom is -0.0985 e. The number of benzene rings is 1. The molecule has 1 aromatic rings. The molecule has 0 N–H and O–H groups in total. The molecule has 0 aliphatic heterocycles. The predicted molar refractivity (Wildman–Crippen MR) is 69.7 cm³/mol. The molecule has 1 aromatic carbocycles. The zero-order valence-electron chi connectivity index (χ0n) is 9.75. The summed E-state index contributed by atoms with van der Waals surface area (Å²) in [5.74, 6) is 0. The van der Waals surface area contributed by atoms with Crippen molar-refractivity contribution in [2.45, 2.75) is 20.8 Å². The molecule has 0 amide bonds. The summed E-state index contributed by atoms with van der Waals surface area (Å²) in [5, 5.41) is 0. The van der Waals surface area contributed by atoms with E-state index < -0.39 is 0 Å². The molecule has 0 aliphatic rings. The number of hydrogen-bond acceptors (Lipinski definition) is 0. The third kappa shape index (κ3) is 2.69. The Labute approximate surface area is 92.6 Å². The summed E-state index contributed by atoms with van der Waals surface area (Å²) >= 11 is 0. The number of hydrogen-bond donors (Lipinski definition) is 0. The molecular weight excluding hydrogens is 180 g/mol. The second-order valence-electron chi connectivity index (χ2n) is 3.52. The lowest BCUT2D eigenvalue weighted by Gasteiger charge is -2.06. The van der Waals surface area contributed by atoms with Crippen molar-refractivity contribution in [2.75, 3.05) is 0 Å². The van der Waals surface area contributed by atoms with E-state index in [9.17, 15) is 0 Å². The van der Waals surface area contributed by atoms with Crippen LogP contribution in [-0.4, -0.2) is 0 Å². The molecule has 0 heterocycles. The third-order valence-electron chi connectivity index (χ3n) is 2.49. The fourth-order valence-corrected chi connectivity index (χ4v) is 1.58. The minimum absolute atomic E-state index is 1.18. The van der Waals surface area contributed by atoms with Crippen LogP contribution in [0, 0.1) is 6.92 Å². The number of allylic oxidation sites excluding steroid dienone is 4. The summed E-state index contributed by atoms with van der Waals surface area (Å²) in [4.78, 5) is 0. The van der Waals surface area contributed by atoms with E-state index in [1.807, 2.05) is 19.9 Å². The maximum Gasteiger partial charge on any atom is -0.0181 e. The van der Waals surface area contributed by atoms with Crippen LogP contribution in [0.2, 0.25) is 0 Å². The molecule has 0 radical (unpaired) electrons. The molecule has 15 heavy (non-hydrogen) atoms. The van der Waals surface area contributed by atoms with Crippen molar-refractivity contribution < 1.29 is 0 Å². The van der Waals surface area contributed by atoms with Crippen LogP contribution in [0.1, 0.15) is 30.5 Å². The van der Waals surface area contributed by atoms with Crippen LogP contribution >= 0.6 is 0 Å². The van der Waals surface area contributed by atoms with Crippen molar-refractivity contribution in [3.63, 3.8) is 0 Å². The van der Waals surface area contributed by atoms with Crippen molar-refractivity contribution in [2.24, 2.45) is 0 Å². The van der Waals surface area contributed by atoms with E-state index in [4.69, 9.17) is 0 Å². The Kier molecular flexibility index (Phi) is 4.11. The minimum atomic E-state index is 1.18. The quantitative estimate of drug-likeness (QED) is 0.622. The first-order chi connectivity index (χ1) is 7.22. The van der Waals surface area contributed by atoms with Gasteiger partial charge in [0.05, 0.1) is 0 Å². The molecule has 0 nitrogen and oxygen atoms in total. The van der Waals surface area contributed by atoms with Crippen LogP contribution in [0.4, 0.5) is 0 Å². The van der Waals surface area contributed by atoms with Gasteiger partial charge >= 0.3 is 0 Å². The maximum atomic E-state index is 3.82. The van der Waals surface area contributed by atoms with Gasteiger partial charge in [-0.2, -0.15) is 0 Å². The van der Waals surface area contributed by atoms with E-state index in [2.05, 4.69) is 49.9 Å². The van der Waals surface area contributed by atoms with Gasteiger partial charge < -0.3 is 0 Å². The monoisotopic (exact) mass is 198 g/mol. The molecule has 0 aliphatic carbocycles. The van der Waals surface area contributed by atoms with Crippen molar-refractivity contribution in [3.05, 3.63) is 59.7 Å². The average molecular weight is 198 g/mol. The van der Waals surface area contributed by atoms with E-state index in [0.29, 0.717) is 0 Å². The summed E-state index contributed by atoms with van der Waals surface area (Å²) in [5.41, 5.74) is 4.99. The largest absolute Gasteiger partial charge is 0.0985 e. The molecule has 0 saturated heterocycles. The highest BCUT2D eigenvalue weighted by Gasteiger charge is 1.99. The van der Waals surface area contributed by atoms with E-state index in [1.165, 1.54) is 22.3 Å². The second kappa shape index (κ2) is 5.35. The molecule has 0 unspecified atom stereocenters. The SMILES string of the molecule is C=CC(=CC)c1ccc(C)c(C=CC)c1. The fraction of sp³-hybridized carbons (Fsp3) is 0.200. The number of rotatable bonds is 3. The highest BCUT2D eigenvalue weighted by Crippen LogP contribution is 2.20. The molecule has 0 atom stereocenters. The molecule has 0 fully saturated rings. The van der Waals surface area contributed by atoms with Gasteiger partial charge in [-0.1, -0.05) is 43.0 Å². The summed E-state index contributed by atoms with van der Waals surface area (Å²) < 4.78 is 0. The van der Waals surface area contributed by atoms with Gasteiger partial charge in [-0.15, -0.1) is 0 Å². The van der Waals surface area contributed by atoms with Crippen LogP contribution in [0.25, 0.3) is 11.6 Å². The Morgan fingerprint density at radius 1 is 1.27 bits per heavy atom. The Morgan fingerprint density at radius 3 is 2.53 bits per heavy atom. The lowest BCUT2D eigenvalue weighted by molar-refractivity contribution is 1.42. The second-order valence-corrected chi connectivity index (χ2v) is 3.52. The van der Waals surface area contributed by atoms with Crippen LogP contribution in [0.15, 0.2) is 43.0 Å². The van der Waals surface area contributed by atoms with Gasteiger partial charge in [0, 0.05) is 0 Å². The van der Waals surface area contributed by atoms with Crippen LogP contribution in [0.3, 0.4) is 0 Å². The molecule has 0 saturated carbocycles. The Bertz CT molecular complexity index is 406. The van der Waals surface area contributed by atoms with E-state index in [-0.39, 0.29) is 0 Å². The van der Waals surface area contributed by atoms with E-state index in [1.54, 1.807) is 0 Å². The van der Waals surface area contributed by atoms with Gasteiger partial charge in [-0.3, -0.25) is 0 Å². The molecule has 1 rings (SSSR count). The zero-order chi connectivity index (χ0) is 11.3. The molecule has 0 heteroatoms. The van der Waals surface area contributed by atoms with Gasteiger partial charge in [0.15, 0.2) is 0 Å². The summed E-state index contributed by atoms with van der Waals surface area (Å²) in [6, 6.07) is 6.49. The van der Waals surface area contributed by atoms with Crippen LogP contribution in [-0.2, 0) is 0 Å². The van der Waals surface area contributed by atoms with Crippen LogP contribution < -0.4 is 0 Å². The van der Waals surface area contributed by atoms with Crippen molar-refractivity contribution in [3.8, 4) is 0 Å². The highest BCUT2D eigenvalue weighted by atomic mass is 14.0. The maximum absolute atomic E-state index is 3.82. The first-order valence-electron chi connectivity index (χ1n) is 5.25. The summed E-state index contributed by atoms with van der Waals surface area (Å²) in [6.07, 6.45) is 8.17. The third-order valence-corrected chi connectivity index (χ3v) is 2.49. The van der Waals surface area contributed by atoms with Crippen molar-refractivity contribution >= 4 is 11.6 Å². The molecule has 0 spiro atoms. The van der Waals surface area contributed by atoms with Gasteiger partial charge in [-0.05, 0) is 49.1 Å². The lowest BCUT2D eigenvalue weighted by Crippen LogP contribution is -1.85. The van der Waals surface area contributed by atoms with Gasteiger partial charge in [0.1, 0.15) is 0 Å². The Morgan fingerprint density at radius 2 is 2.00 bits per heavy atom. The van der Waals surface area contributed by atoms with Gasteiger partial charge in [0.2, 0.25) is 0 Å². The first kappa shape index (κ1) is 11.5. The first-order valence-corrected chi connectivity index (χ1v) is 5.25. The normalized spacial score (nSPS) is 12.1. The van der Waals surface area contributed by atoms with Gasteiger partial charge in [0.25, 0.3) is 0 Å². The fourth-order valence-electron chi connectivity index (χ4n) is 1.58. The molecule has 78 valence electrons. The summed E-state index contributed by atoms with van der Waals surface area (Å²) in [6.45, 7) is 10.0. The standard InChI is InChI=1S/C15H18/c1-5-8-14-11-15(10-9-12(14)4)13(6-2)7-3/h5-11H,2H2,1,3-4H3. The predicted octanol–water partition coefficient (Wildman–Crippen LogP) is 4.62. The van der Waals surface area contributed by atoms with E-state index >= 15 is 0 Å². The van der Waals surface area contributed by atoms with Crippen LogP contribution in [0.5, 0.6) is 0 Å². The van der Waals surface area contributed by atoms with Gasteiger partial charge in [-0.25, -0.2) is 0 Å². The van der Waals surface area contributed by atoms with E-state index in [0.717, 1.165) is 0 Å². The molecule has 0 bridgehead atoms. The van der Waals surface area contributed by atoms with Crippen molar-refractivity contribution in [1.29, 1.82) is 0 Å². The summed E-state index contributed by atoms with van der Waals surface area (Å²) in [7, 11) is 0. The average Bonchev–Trinajstić information content (AvgIpc) is 2.25. The smallest absolute Gasteiger partial charge is 0.0181 e. The lowest BCUT2D eigenvalue weighted by atomic mass is 9.99. The topological polar surface area (TPSA) is 0 Å². The molecule has 0 aromatic heterocycles. The van der Waals surface area contributed by atoms with Crippen molar-refractivity contribution in [1.82, 2.24) is 0 Å². The number of aryl methyl sites for hydroxylation is 1.